The molecule has 2 saturated carbocycles. The first kappa shape index (κ1) is 33.1. The number of rotatable bonds is 11. The predicted molar refractivity (Wildman–Crippen MR) is 188 cm³/mol. The Balaban J connectivity index is 1.10. The maximum Gasteiger partial charge on any atom is 0.269 e. The summed E-state index contributed by atoms with van der Waals surface area (Å²) in [4.78, 5) is 43.5. The second-order valence-electron chi connectivity index (χ2n) is 13.9. The zero-order valence-corrected chi connectivity index (χ0v) is 28.5. The SMILES string of the molecule is CN(C)C(=O)c1cccc(CN2CC(n3ncc4c3CN(C)c3c(NC(/C=C(\N)NC(=O)C5CC5)=C(/N)C(=O)NC5CC5)cccc3-4)C2)c1F. The lowest BCUT2D eigenvalue weighted by molar-refractivity contribution is -0.121. The summed E-state index contributed by atoms with van der Waals surface area (Å²) in [5.74, 6) is -1.32. The summed E-state index contributed by atoms with van der Waals surface area (Å²) in [6, 6.07) is 11.1. The van der Waals surface area contributed by atoms with Crippen LogP contribution in [0.4, 0.5) is 15.8 Å². The molecule has 14 heteroatoms. The number of halogens is 1. The molecular formula is C36H43FN10O3. The Bertz CT molecular complexity index is 1920. The summed E-state index contributed by atoms with van der Waals surface area (Å²) < 4.78 is 17.3. The van der Waals surface area contributed by atoms with Gasteiger partial charge in [0, 0.05) is 75.5 Å². The molecule has 50 heavy (non-hydrogen) atoms. The van der Waals surface area contributed by atoms with Crippen molar-refractivity contribution in [3.8, 4) is 11.1 Å². The minimum atomic E-state index is -0.474. The molecule has 3 amide bonds. The van der Waals surface area contributed by atoms with Crippen molar-refractivity contribution in [1.82, 2.24) is 30.2 Å². The summed E-state index contributed by atoms with van der Waals surface area (Å²) >= 11 is 0. The Labute approximate surface area is 290 Å². The lowest BCUT2D eigenvalue weighted by Gasteiger charge is -2.41. The van der Waals surface area contributed by atoms with E-state index in [1.807, 2.05) is 31.4 Å². The molecule has 0 atom stereocenters. The van der Waals surface area contributed by atoms with Gasteiger partial charge in [-0.3, -0.25) is 24.0 Å². The first-order valence-corrected chi connectivity index (χ1v) is 17.0. The number of nitrogens with two attached hydrogens (primary N) is 2. The second-order valence-corrected chi connectivity index (χ2v) is 13.9. The number of nitrogens with zero attached hydrogens (tertiary/aromatic N) is 5. The van der Waals surface area contributed by atoms with Crippen molar-refractivity contribution in [3.63, 3.8) is 0 Å². The Morgan fingerprint density at radius 2 is 1.78 bits per heavy atom. The highest BCUT2D eigenvalue weighted by atomic mass is 19.1. The summed E-state index contributed by atoms with van der Waals surface area (Å²) in [5.41, 5.74) is 18.1. The van der Waals surface area contributed by atoms with E-state index in [1.165, 1.54) is 17.0 Å². The summed E-state index contributed by atoms with van der Waals surface area (Å²) in [7, 11) is 5.22. The Hall–Kier alpha value is -5.37. The van der Waals surface area contributed by atoms with E-state index >= 15 is 4.39 Å². The van der Waals surface area contributed by atoms with Crippen LogP contribution in [0.2, 0.25) is 0 Å². The average molecular weight is 683 g/mol. The van der Waals surface area contributed by atoms with Crippen LogP contribution in [0, 0.1) is 11.7 Å². The molecular weight excluding hydrogens is 639 g/mol. The first-order valence-electron chi connectivity index (χ1n) is 17.0. The first-order chi connectivity index (χ1) is 24.0. The number of fused-ring (bicyclic) bond motifs is 3. The Morgan fingerprint density at radius 1 is 1.04 bits per heavy atom. The van der Waals surface area contributed by atoms with E-state index in [2.05, 4.69) is 30.4 Å². The Kier molecular flexibility index (Phi) is 8.72. The highest BCUT2D eigenvalue weighted by molar-refractivity contribution is 5.96. The number of hydrogen-bond donors (Lipinski definition) is 5. The lowest BCUT2D eigenvalue weighted by Crippen LogP contribution is -2.48. The molecule has 0 spiro atoms. The highest BCUT2D eigenvalue weighted by Gasteiger charge is 2.35. The molecule has 3 fully saturated rings. The van der Waals surface area contributed by atoms with Crippen molar-refractivity contribution in [2.45, 2.75) is 50.9 Å². The number of benzene rings is 2. The zero-order chi connectivity index (χ0) is 35.3. The fourth-order valence-electron chi connectivity index (χ4n) is 6.56. The maximum absolute atomic E-state index is 15.2. The van der Waals surface area contributed by atoms with Crippen LogP contribution in [0.15, 0.2) is 65.9 Å². The zero-order valence-electron chi connectivity index (χ0n) is 28.5. The second kappa shape index (κ2) is 13.2. The smallest absolute Gasteiger partial charge is 0.269 e. The van der Waals surface area contributed by atoms with Gasteiger partial charge in [0.05, 0.1) is 47.1 Å². The highest BCUT2D eigenvalue weighted by Crippen LogP contribution is 2.44. The normalized spacial score (nSPS) is 18.0. The van der Waals surface area contributed by atoms with Crippen molar-refractivity contribution in [2.75, 3.05) is 44.4 Å². The fraction of sp³-hybridized carbons (Fsp3) is 0.389. The molecule has 7 rings (SSSR count). The molecule has 2 aliphatic carbocycles. The molecule has 3 heterocycles. The molecule has 262 valence electrons. The van der Waals surface area contributed by atoms with Gasteiger partial charge in [0.1, 0.15) is 17.3 Å². The molecule has 13 nitrogen and oxygen atoms in total. The molecule has 7 N–H and O–H groups in total. The number of amides is 3. The number of aromatic nitrogens is 2. The van der Waals surface area contributed by atoms with Crippen LogP contribution in [-0.4, -0.2) is 77.6 Å². The maximum atomic E-state index is 15.2. The average Bonchev–Trinajstić information content (AvgIpc) is 4.01. The predicted octanol–water partition coefficient (Wildman–Crippen LogP) is 2.58. The third-order valence-electron chi connectivity index (χ3n) is 9.62. The largest absolute Gasteiger partial charge is 0.393 e. The van der Waals surface area contributed by atoms with Gasteiger partial charge in [-0.25, -0.2) is 4.39 Å². The van der Waals surface area contributed by atoms with E-state index < -0.39 is 11.7 Å². The number of carbonyl (C=O) groups is 3. The number of nitrogens with one attached hydrogen (secondary N) is 3. The third-order valence-corrected chi connectivity index (χ3v) is 9.62. The van der Waals surface area contributed by atoms with E-state index in [-0.39, 0.29) is 52.6 Å². The summed E-state index contributed by atoms with van der Waals surface area (Å²) in [6.45, 7) is 2.36. The Morgan fingerprint density at radius 3 is 2.48 bits per heavy atom. The molecule has 0 radical (unpaired) electrons. The quantitative estimate of drug-likeness (QED) is 0.151. The topological polar surface area (TPSA) is 167 Å². The monoisotopic (exact) mass is 682 g/mol. The molecule has 1 aromatic heterocycles. The summed E-state index contributed by atoms with van der Waals surface area (Å²) in [6.07, 6.45) is 6.87. The van der Waals surface area contributed by atoms with Crippen LogP contribution in [0.1, 0.15) is 53.3 Å². The van der Waals surface area contributed by atoms with Gasteiger partial charge in [-0.2, -0.15) is 5.10 Å². The molecule has 4 aliphatic rings. The number of likely N-dealkylation sites (tertiary alicyclic amines) is 1. The number of carbonyl (C=O) groups excluding carboxylic acids is 3. The van der Waals surface area contributed by atoms with E-state index in [0.29, 0.717) is 37.4 Å². The van der Waals surface area contributed by atoms with Crippen molar-refractivity contribution in [2.24, 2.45) is 17.4 Å². The van der Waals surface area contributed by atoms with Gasteiger partial charge in [0.2, 0.25) is 5.91 Å². The number of hydrogen-bond acceptors (Lipinski definition) is 9. The van der Waals surface area contributed by atoms with Crippen LogP contribution in [-0.2, 0) is 22.7 Å². The lowest BCUT2D eigenvalue weighted by atomic mass is 9.97. The fourth-order valence-corrected chi connectivity index (χ4v) is 6.56. The van der Waals surface area contributed by atoms with Gasteiger partial charge < -0.3 is 37.2 Å². The van der Waals surface area contributed by atoms with Crippen LogP contribution in [0.5, 0.6) is 0 Å². The van der Waals surface area contributed by atoms with Gasteiger partial charge in [0.15, 0.2) is 0 Å². The molecule has 0 unspecified atom stereocenters. The van der Waals surface area contributed by atoms with Crippen molar-refractivity contribution in [3.05, 3.63) is 88.5 Å². The van der Waals surface area contributed by atoms with Crippen LogP contribution in [0.25, 0.3) is 11.1 Å². The van der Waals surface area contributed by atoms with Crippen LogP contribution < -0.4 is 32.3 Å². The third kappa shape index (κ3) is 6.62. The van der Waals surface area contributed by atoms with Gasteiger partial charge in [-0.15, -0.1) is 0 Å². The van der Waals surface area contributed by atoms with E-state index in [0.717, 1.165) is 48.2 Å². The van der Waals surface area contributed by atoms with Crippen molar-refractivity contribution >= 4 is 29.1 Å². The summed E-state index contributed by atoms with van der Waals surface area (Å²) in [5, 5.41) is 13.8. The van der Waals surface area contributed by atoms with E-state index in [4.69, 9.17) is 16.6 Å². The van der Waals surface area contributed by atoms with Gasteiger partial charge in [0.25, 0.3) is 11.8 Å². The van der Waals surface area contributed by atoms with Crippen LogP contribution in [0.3, 0.4) is 0 Å². The number of para-hydroxylation sites is 1. The minimum Gasteiger partial charge on any atom is -0.393 e. The van der Waals surface area contributed by atoms with Gasteiger partial charge in [-0.1, -0.05) is 24.3 Å². The number of allylic oxidation sites excluding steroid dienone is 1. The molecule has 2 aliphatic heterocycles. The standard InChI is InChI=1S/C36H43FN10O3/c1-44(2)36(50)25-8-4-6-21(31(25)37)16-46-17-23(18-46)47-29-19-45(3)33-24(26(29)15-40-47)7-5-9-27(33)42-28(32(39)35(49)41-22-12-13-22)14-30(38)43-34(48)20-10-11-20/h4-9,14-15,20,22-23,42H,10-13,16-19,38-39H2,1-3H3,(H,41,49)(H,43,48)/b30-14+,32-28+. The minimum absolute atomic E-state index is 0.0319. The molecule has 0 bridgehead atoms. The molecule has 2 aromatic carbocycles. The van der Waals surface area contributed by atoms with Crippen LogP contribution >= 0.6 is 0 Å². The van der Waals surface area contributed by atoms with Crippen molar-refractivity contribution in [1.29, 1.82) is 0 Å². The van der Waals surface area contributed by atoms with E-state index in [9.17, 15) is 14.4 Å². The van der Waals surface area contributed by atoms with Gasteiger partial charge >= 0.3 is 0 Å². The molecule has 3 aromatic rings. The number of anilines is 2. The van der Waals surface area contributed by atoms with Crippen molar-refractivity contribution < 1.29 is 18.8 Å². The van der Waals surface area contributed by atoms with E-state index in [1.54, 1.807) is 26.2 Å². The van der Waals surface area contributed by atoms with Gasteiger partial charge in [-0.05, 0) is 37.8 Å². The molecule has 1 saturated heterocycles.